The van der Waals surface area contributed by atoms with Crippen LogP contribution in [0.1, 0.15) is 18.1 Å². The van der Waals surface area contributed by atoms with E-state index in [0.29, 0.717) is 21.3 Å². The largest absolute Gasteiger partial charge is 0.292 e. The summed E-state index contributed by atoms with van der Waals surface area (Å²) in [6, 6.07) is 8.75. The van der Waals surface area contributed by atoms with Gasteiger partial charge < -0.3 is 0 Å². The van der Waals surface area contributed by atoms with Crippen LogP contribution in [0.5, 0.6) is 0 Å². The van der Waals surface area contributed by atoms with Gasteiger partial charge in [-0.25, -0.2) is 13.8 Å². The molecule has 0 bridgehead atoms. The molecule has 2 nitrogen and oxygen atoms in total. The maximum atomic E-state index is 14.2. The van der Waals surface area contributed by atoms with Gasteiger partial charge in [0.2, 0.25) is 0 Å². The fraction of sp³-hybridized carbons (Fsp3) is 0.133. The Morgan fingerprint density at radius 2 is 1.95 bits per heavy atom. The van der Waals surface area contributed by atoms with Crippen molar-refractivity contribution in [2.75, 3.05) is 0 Å². The predicted octanol–water partition coefficient (Wildman–Crippen LogP) is 5.37. The number of aromatic nitrogens is 2. The Kier molecular flexibility index (Phi) is 3.71. The van der Waals surface area contributed by atoms with Crippen molar-refractivity contribution in [1.82, 2.24) is 9.55 Å². The summed E-state index contributed by atoms with van der Waals surface area (Å²) in [4.78, 5) is 4.38. The Hall–Kier alpha value is -1.46. The molecule has 21 heavy (non-hydrogen) atoms. The number of fused-ring (bicyclic) bond motifs is 1. The Morgan fingerprint density at radius 1 is 1.19 bits per heavy atom. The van der Waals surface area contributed by atoms with Gasteiger partial charge in [-0.05, 0) is 37.3 Å². The predicted molar refractivity (Wildman–Crippen MR) is 83.0 cm³/mol. The van der Waals surface area contributed by atoms with E-state index in [4.69, 9.17) is 11.6 Å². The van der Waals surface area contributed by atoms with Crippen LogP contribution in [0.15, 0.2) is 40.9 Å². The minimum Gasteiger partial charge on any atom is -0.292 e. The van der Waals surface area contributed by atoms with E-state index >= 15 is 0 Å². The molecule has 1 aromatic heterocycles. The van der Waals surface area contributed by atoms with Crippen LogP contribution in [-0.4, -0.2) is 9.55 Å². The first kappa shape index (κ1) is 14.5. The fourth-order valence-corrected chi connectivity index (χ4v) is 2.74. The zero-order valence-corrected chi connectivity index (χ0v) is 13.3. The van der Waals surface area contributed by atoms with Crippen molar-refractivity contribution in [2.45, 2.75) is 12.3 Å². The van der Waals surface area contributed by atoms with E-state index < -0.39 is 17.0 Å². The van der Waals surface area contributed by atoms with Crippen LogP contribution in [0, 0.1) is 11.6 Å². The number of alkyl halides is 1. The van der Waals surface area contributed by atoms with Crippen molar-refractivity contribution in [2.24, 2.45) is 0 Å². The van der Waals surface area contributed by atoms with Gasteiger partial charge in [0.15, 0.2) is 0 Å². The van der Waals surface area contributed by atoms with E-state index in [1.54, 1.807) is 29.7 Å². The molecule has 0 N–H and O–H groups in total. The van der Waals surface area contributed by atoms with Gasteiger partial charge in [-0.3, -0.25) is 4.57 Å². The lowest BCUT2D eigenvalue weighted by Gasteiger charge is -2.12. The summed E-state index contributed by atoms with van der Waals surface area (Å²) >= 11 is 9.46. The monoisotopic (exact) mass is 370 g/mol. The molecule has 0 fully saturated rings. The van der Waals surface area contributed by atoms with Crippen LogP contribution in [0.4, 0.5) is 8.78 Å². The summed E-state index contributed by atoms with van der Waals surface area (Å²) in [5, 5.41) is -0.446. The van der Waals surface area contributed by atoms with E-state index in [2.05, 4.69) is 20.9 Å². The third-order valence-corrected chi connectivity index (χ3v) is 3.84. The van der Waals surface area contributed by atoms with E-state index in [0.717, 1.165) is 0 Å². The second-order valence-corrected chi connectivity index (χ2v) is 6.22. The van der Waals surface area contributed by atoms with Gasteiger partial charge >= 0.3 is 0 Å². The van der Waals surface area contributed by atoms with Crippen molar-refractivity contribution in [3.63, 3.8) is 0 Å². The lowest BCUT2D eigenvalue weighted by atomic mass is 10.2. The third kappa shape index (κ3) is 2.56. The normalized spacial score (nSPS) is 12.8. The van der Waals surface area contributed by atoms with E-state index in [-0.39, 0.29) is 5.69 Å². The number of nitrogens with zero attached hydrogens (tertiary/aromatic N) is 2. The lowest BCUT2D eigenvalue weighted by Crippen LogP contribution is -2.04. The first-order valence-corrected chi connectivity index (χ1v) is 7.47. The lowest BCUT2D eigenvalue weighted by molar-refractivity contribution is 0.615. The fourth-order valence-electron chi connectivity index (χ4n) is 2.24. The molecule has 0 saturated heterocycles. The zero-order chi connectivity index (χ0) is 15.1. The van der Waals surface area contributed by atoms with Crippen molar-refractivity contribution in [3.05, 3.63) is 58.3 Å². The Morgan fingerprint density at radius 3 is 2.67 bits per heavy atom. The minimum absolute atomic E-state index is 0.278. The Bertz CT molecular complexity index is 830. The van der Waals surface area contributed by atoms with Crippen LogP contribution >= 0.6 is 27.5 Å². The molecule has 2 aromatic carbocycles. The Labute approximate surface area is 133 Å². The standard InChI is InChI=1S/C15H10BrClF2N2/c1-8(17)15-20-12-5-3-10(18)7-14(12)21(15)13-6-9(16)2-4-11(13)19/h2-8H,1H3. The van der Waals surface area contributed by atoms with Gasteiger partial charge in [0.25, 0.3) is 0 Å². The highest BCUT2D eigenvalue weighted by atomic mass is 79.9. The minimum atomic E-state index is -0.446. The molecule has 3 aromatic rings. The highest BCUT2D eigenvalue weighted by Gasteiger charge is 2.19. The first-order valence-electron chi connectivity index (χ1n) is 6.25. The van der Waals surface area contributed by atoms with Gasteiger partial charge in [0.05, 0.1) is 22.1 Å². The average Bonchev–Trinajstić information content (AvgIpc) is 2.80. The highest BCUT2D eigenvalue weighted by molar-refractivity contribution is 9.10. The summed E-state index contributed by atoms with van der Waals surface area (Å²) in [6.45, 7) is 1.74. The smallest absolute Gasteiger partial charge is 0.147 e. The molecule has 108 valence electrons. The van der Waals surface area contributed by atoms with E-state index in [1.165, 1.54) is 18.2 Å². The van der Waals surface area contributed by atoms with Crippen LogP contribution in [0.2, 0.25) is 0 Å². The van der Waals surface area contributed by atoms with E-state index in [9.17, 15) is 8.78 Å². The number of rotatable bonds is 2. The molecule has 6 heteroatoms. The van der Waals surface area contributed by atoms with Gasteiger partial charge in [0.1, 0.15) is 17.5 Å². The van der Waals surface area contributed by atoms with Crippen molar-refractivity contribution in [1.29, 1.82) is 0 Å². The average molecular weight is 372 g/mol. The molecule has 1 heterocycles. The van der Waals surface area contributed by atoms with Crippen LogP contribution < -0.4 is 0 Å². The highest BCUT2D eigenvalue weighted by Crippen LogP contribution is 2.30. The molecule has 0 saturated carbocycles. The summed E-state index contributed by atoms with van der Waals surface area (Å²) in [6.07, 6.45) is 0. The van der Waals surface area contributed by atoms with Gasteiger partial charge in [-0.1, -0.05) is 15.9 Å². The maximum Gasteiger partial charge on any atom is 0.147 e. The molecule has 1 atom stereocenters. The van der Waals surface area contributed by atoms with Crippen LogP contribution in [0.25, 0.3) is 16.7 Å². The first-order chi connectivity index (χ1) is 9.97. The zero-order valence-electron chi connectivity index (χ0n) is 10.9. The molecular formula is C15H10BrClF2N2. The summed E-state index contributed by atoms with van der Waals surface area (Å²) < 4.78 is 30.0. The number of imidazole rings is 1. The van der Waals surface area contributed by atoms with Gasteiger partial charge in [0, 0.05) is 10.5 Å². The molecule has 0 aliphatic carbocycles. The molecule has 0 spiro atoms. The number of benzene rings is 2. The third-order valence-electron chi connectivity index (χ3n) is 3.15. The molecule has 0 amide bonds. The summed E-state index contributed by atoms with van der Waals surface area (Å²) in [5.41, 5.74) is 1.33. The van der Waals surface area contributed by atoms with Crippen LogP contribution in [-0.2, 0) is 0 Å². The quantitative estimate of drug-likeness (QED) is 0.554. The van der Waals surface area contributed by atoms with Gasteiger partial charge in [-0.15, -0.1) is 11.6 Å². The topological polar surface area (TPSA) is 17.8 Å². The second kappa shape index (κ2) is 5.39. The number of hydrogen-bond donors (Lipinski definition) is 0. The van der Waals surface area contributed by atoms with Crippen LogP contribution in [0.3, 0.4) is 0 Å². The molecular weight excluding hydrogens is 362 g/mol. The molecule has 1 unspecified atom stereocenters. The molecule has 0 radical (unpaired) electrons. The second-order valence-electron chi connectivity index (χ2n) is 4.65. The molecule has 3 rings (SSSR count). The van der Waals surface area contributed by atoms with Gasteiger partial charge in [-0.2, -0.15) is 0 Å². The molecule has 0 aliphatic heterocycles. The summed E-state index contributed by atoms with van der Waals surface area (Å²) in [5.74, 6) is -0.373. The SMILES string of the molecule is CC(Cl)c1nc2ccc(F)cc2n1-c1cc(Br)ccc1F. The number of halogens is 4. The number of hydrogen-bond acceptors (Lipinski definition) is 1. The molecule has 0 aliphatic rings. The maximum absolute atomic E-state index is 14.2. The Balaban J connectivity index is 2.41. The van der Waals surface area contributed by atoms with Crippen molar-refractivity contribution in [3.8, 4) is 5.69 Å². The van der Waals surface area contributed by atoms with E-state index in [1.807, 2.05) is 0 Å². The van der Waals surface area contributed by atoms with Crippen molar-refractivity contribution < 1.29 is 8.78 Å². The summed E-state index contributed by atoms with van der Waals surface area (Å²) in [7, 11) is 0. The van der Waals surface area contributed by atoms with Crippen molar-refractivity contribution >= 4 is 38.6 Å².